The second-order valence-electron chi connectivity index (χ2n) is 7.58. The molecule has 0 aliphatic carbocycles. The molecule has 1 aliphatic rings. The van der Waals surface area contributed by atoms with Crippen LogP contribution in [0.1, 0.15) is 36.8 Å². The molecule has 1 heterocycles. The lowest BCUT2D eigenvalue weighted by atomic mass is 10.2. The second kappa shape index (κ2) is 9.82. The third-order valence-electron chi connectivity index (χ3n) is 5.27. The number of alkyl halides is 3. The summed E-state index contributed by atoms with van der Waals surface area (Å²) in [5.41, 5.74) is -0.409. The van der Waals surface area contributed by atoms with Gasteiger partial charge in [-0.1, -0.05) is 49.2 Å². The fourth-order valence-corrected chi connectivity index (χ4v) is 4.99. The summed E-state index contributed by atoms with van der Waals surface area (Å²) < 4.78 is 66.9. The maximum atomic E-state index is 13.3. The highest BCUT2D eigenvalue weighted by Gasteiger charge is 2.34. The van der Waals surface area contributed by atoms with Gasteiger partial charge in [-0.25, -0.2) is 8.42 Å². The van der Waals surface area contributed by atoms with Crippen molar-refractivity contribution in [3.8, 4) is 0 Å². The van der Waals surface area contributed by atoms with E-state index in [1.807, 2.05) is 0 Å². The molecule has 1 saturated heterocycles. The summed E-state index contributed by atoms with van der Waals surface area (Å²) in [6, 6.07) is 12.3. The van der Waals surface area contributed by atoms with E-state index in [9.17, 15) is 26.4 Å². The molecule has 9 heteroatoms. The minimum absolute atomic E-state index is 0.112. The lowest BCUT2D eigenvalue weighted by Gasteiger charge is -2.26. The number of halogens is 3. The van der Waals surface area contributed by atoms with Crippen molar-refractivity contribution in [2.75, 3.05) is 19.6 Å². The Labute approximate surface area is 180 Å². The fourth-order valence-electron chi connectivity index (χ4n) is 3.57. The molecular weight excluding hydrogens is 429 g/mol. The van der Waals surface area contributed by atoms with E-state index in [1.54, 1.807) is 35.2 Å². The first kappa shape index (κ1) is 23.3. The maximum absolute atomic E-state index is 13.3. The molecule has 1 fully saturated rings. The van der Waals surface area contributed by atoms with Gasteiger partial charge in [0, 0.05) is 19.6 Å². The molecule has 2 aromatic carbocycles. The number of carbonyl (C=O) groups is 1. The van der Waals surface area contributed by atoms with Gasteiger partial charge >= 0.3 is 6.18 Å². The summed E-state index contributed by atoms with van der Waals surface area (Å²) in [5.74, 6) is -0.339. The summed E-state index contributed by atoms with van der Waals surface area (Å²) >= 11 is 0. The summed E-state index contributed by atoms with van der Waals surface area (Å²) in [5, 5.41) is 0. The molecule has 168 valence electrons. The van der Waals surface area contributed by atoms with E-state index < -0.39 is 33.2 Å². The van der Waals surface area contributed by atoms with Crippen LogP contribution >= 0.6 is 0 Å². The molecule has 0 N–H and O–H groups in total. The Bertz CT molecular complexity index is 987. The smallest absolute Gasteiger partial charge is 0.342 e. The van der Waals surface area contributed by atoms with Gasteiger partial charge in [0.05, 0.1) is 17.0 Å². The lowest BCUT2D eigenvalue weighted by Crippen LogP contribution is -2.43. The van der Waals surface area contributed by atoms with Gasteiger partial charge in [0.25, 0.3) is 0 Å². The molecule has 2 aromatic rings. The molecule has 0 aromatic heterocycles. The van der Waals surface area contributed by atoms with Gasteiger partial charge in [-0.2, -0.15) is 17.5 Å². The number of rotatable bonds is 6. The number of hydrogen-bond donors (Lipinski definition) is 0. The lowest BCUT2D eigenvalue weighted by molar-refractivity contribution is -0.137. The van der Waals surface area contributed by atoms with Crippen LogP contribution in [-0.4, -0.2) is 43.2 Å². The van der Waals surface area contributed by atoms with Crippen molar-refractivity contribution < 1.29 is 26.4 Å². The minimum Gasteiger partial charge on any atom is -0.342 e. The average molecular weight is 455 g/mol. The SMILES string of the molecule is O=C(CN(Cc1ccccc1)S(=O)(=O)c1cccc(C(F)(F)F)c1)N1CCCCCC1. The van der Waals surface area contributed by atoms with Crippen molar-refractivity contribution in [2.45, 2.75) is 43.3 Å². The monoisotopic (exact) mass is 454 g/mol. The number of carbonyl (C=O) groups excluding carboxylic acids is 1. The first-order valence-electron chi connectivity index (χ1n) is 10.2. The van der Waals surface area contributed by atoms with Crippen molar-refractivity contribution >= 4 is 15.9 Å². The van der Waals surface area contributed by atoms with Gasteiger partial charge in [0.15, 0.2) is 0 Å². The zero-order valence-corrected chi connectivity index (χ0v) is 17.8. The van der Waals surface area contributed by atoms with E-state index in [-0.39, 0.29) is 12.5 Å². The normalized spacial score (nSPS) is 15.7. The highest BCUT2D eigenvalue weighted by molar-refractivity contribution is 7.89. The third-order valence-corrected chi connectivity index (χ3v) is 7.06. The minimum atomic E-state index is -4.67. The van der Waals surface area contributed by atoms with Gasteiger partial charge in [0.1, 0.15) is 0 Å². The highest BCUT2D eigenvalue weighted by atomic mass is 32.2. The van der Waals surface area contributed by atoms with Crippen molar-refractivity contribution in [2.24, 2.45) is 0 Å². The second-order valence-corrected chi connectivity index (χ2v) is 9.52. The standard InChI is InChI=1S/C22H25F3N2O3S/c23-22(24,25)19-11-8-12-20(15-19)31(29,30)27(16-18-9-4-3-5-10-18)17-21(28)26-13-6-1-2-7-14-26/h3-5,8-12,15H,1-2,6-7,13-14,16-17H2. The van der Waals surface area contributed by atoms with Crippen LogP contribution in [0.5, 0.6) is 0 Å². The van der Waals surface area contributed by atoms with E-state index >= 15 is 0 Å². The summed E-state index contributed by atoms with van der Waals surface area (Å²) in [4.78, 5) is 14.1. The summed E-state index contributed by atoms with van der Waals surface area (Å²) in [6.45, 7) is 0.579. The van der Waals surface area contributed by atoms with Crippen LogP contribution in [-0.2, 0) is 27.5 Å². The van der Waals surface area contributed by atoms with E-state index in [2.05, 4.69) is 0 Å². The van der Waals surface area contributed by atoms with Crippen LogP contribution in [0.2, 0.25) is 0 Å². The van der Waals surface area contributed by atoms with Crippen molar-refractivity contribution in [1.29, 1.82) is 0 Å². The predicted molar refractivity (Wildman–Crippen MR) is 111 cm³/mol. The van der Waals surface area contributed by atoms with E-state index in [0.717, 1.165) is 48.2 Å². The zero-order valence-electron chi connectivity index (χ0n) is 17.0. The van der Waals surface area contributed by atoms with Gasteiger partial charge in [-0.05, 0) is 36.6 Å². The van der Waals surface area contributed by atoms with E-state index in [0.29, 0.717) is 24.7 Å². The van der Waals surface area contributed by atoms with Gasteiger partial charge in [0.2, 0.25) is 15.9 Å². The maximum Gasteiger partial charge on any atom is 0.416 e. The van der Waals surface area contributed by atoms with Crippen molar-refractivity contribution in [3.63, 3.8) is 0 Å². The molecule has 0 atom stereocenters. The van der Waals surface area contributed by atoms with Gasteiger partial charge in [-0.15, -0.1) is 0 Å². The number of likely N-dealkylation sites (tertiary alicyclic amines) is 1. The Hall–Kier alpha value is -2.39. The third kappa shape index (κ3) is 6.07. The number of sulfonamides is 1. The molecule has 0 radical (unpaired) electrons. The fraction of sp³-hybridized carbons (Fsp3) is 0.409. The Morgan fingerprint density at radius 2 is 1.58 bits per heavy atom. The predicted octanol–water partition coefficient (Wildman–Crippen LogP) is 4.30. The van der Waals surface area contributed by atoms with Crippen LogP contribution in [0, 0.1) is 0 Å². The summed E-state index contributed by atoms with van der Waals surface area (Å²) in [6.07, 6.45) is -0.937. The molecule has 1 amide bonds. The molecular formula is C22H25F3N2O3S. The Balaban J connectivity index is 1.92. The highest BCUT2D eigenvalue weighted by Crippen LogP contribution is 2.31. The molecule has 0 unspecified atom stereocenters. The molecule has 0 spiro atoms. The molecule has 3 rings (SSSR count). The van der Waals surface area contributed by atoms with Crippen LogP contribution < -0.4 is 0 Å². The Morgan fingerprint density at radius 3 is 2.19 bits per heavy atom. The first-order chi connectivity index (χ1) is 14.7. The Morgan fingerprint density at radius 1 is 0.935 bits per heavy atom. The van der Waals surface area contributed by atoms with Crippen LogP contribution in [0.25, 0.3) is 0 Å². The topological polar surface area (TPSA) is 57.7 Å². The average Bonchev–Trinajstić information content (AvgIpc) is 3.03. The molecule has 0 bridgehead atoms. The van der Waals surface area contributed by atoms with Gasteiger partial charge < -0.3 is 4.90 Å². The molecule has 0 saturated carbocycles. The number of nitrogens with zero attached hydrogens (tertiary/aromatic N) is 2. The Kier molecular flexibility index (Phi) is 7.38. The zero-order chi connectivity index (χ0) is 22.5. The summed E-state index contributed by atoms with van der Waals surface area (Å²) in [7, 11) is -4.34. The number of amides is 1. The van der Waals surface area contributed by atoms with E-state index in [1.165, 1.54) is 0 Å². The van der Waals surface area contributed by atoms with Gasteiger partial charge in [-0.3, -0.25) is 4.79 Å². The van der Waals surface area contributed by atoms with Crippen molar-refractivity contribution in [1.82, 2.24) is 9.21 Å². The number of hydrogen-bond acceptors (Lipinski definition) is 3. The van der Waals surface area contributed by atoms with Crippen molar-refractivity contribution in [3.05, 3.63) is 65.7 Å². The molecule has 31 heavy (non-hydrogen) atoms. The largest absolute Gasteiger partial charge is 0.416 e. The molecule has 1 aliphatic heterocycles. The molecule has 5 nitrogen and oxygen atoms in total. The van der Waals surface area contributed by atoms with Crippen LogP contribution in [0.15, 0.2) is 59.5 Å². The van der Waals surface area contributed by atoms with Crippen LogP contribution in [0.3, 0.4) is 0 Å². The van der Waals surface area contributed by atoms with Crippen LogP contribution in [0.4, 0.5) is 13.2 Å². The quantitative estimate of drug-likeness (QED) is 0.654. The van der Waals surface area contributed by atoms with E-state index in [4.69, 9.17) is 0 Å². The first-order valence-corrected chi connectivity index (χ1v) is 11.6. The number of benzene rings is 2.